The SMILES string of the molecule is CCOC(=O)c1ccc(NC(=O)CSc2nnnn2C)cc1O. The number of carbonyl (C=O) groups is 2. The first-order valence-corrected chi connectivity index (χ1v) is 7.65. The molecule has 0 radical (unpaired) electrons. The molecule has 2 rings (SSSR count). The Morgan fingerprint density at radius 2 is 2.22 bits per heavy atom. The molecule has 122 valence electrons. The fourth-order valence-electron chi connectivity index (χ4n) is 1.66. The number of nitrogens with one attached hydrogen (secondary N) is 1. The molecule has 9 nitrogen and oxygen atoms in total. The van der Waals surface area contributed by atoms with Crippen LogP contribution < -0.4 is 5.32 Å². The number of anilines is 1. The van der Waals surface area contributed by atoms with Crippen molar-refractivity contribution in [2.75, 3.05) is 17.7 Å². The second-order valence-electron chi connectivity index (χ2n) is 4.37. The summed E-state index contributed by atoms with van der Waals surface area (Å²) in [6.45, 7) is 1.89. The van der Waals surface area contributed by atoms with Crippen LogP contribution in [0.5, 0.6) is 5.75 Å². The van der Waals surface area contributed by atoms with E-state index in [2.05, 4.69) is 20.8 Å². The summed E-state index contributed by atoms with van der Waals surface area (Å²) in [6, 6.07) is 4.19. The van der Waals surface area contributed by atoms with E-state index in [0.29, 0.717) is 10.8 Å². The van der Waals surface area contributed by atoms with Gasteiger partial charge in [0, 0.05) is 18.8 Å². The van der Waals surface area contributed by atoms with Crippen LogP contribution in [-0.2, 0) is 16.6 Å². The van der Waals surface area contributed by atoms with Crippen LogP contribution in [-0.4, -0.2) is 49.6 Å². The van der Waals surface area contributed by atoms with E-state index in [1.807, 2.05) is 0 Å². The number of thioether (sulfide) groups is 1. The number of hydrogen-bond acceptors (Lipinski definition) is 8. The van der Waals surface area contributed by atoms with Crippen molar-refractivity contribution in [2.24, 2.45) is 7.05 Å². The van der Waals surface area contributed by atoms with Crippen molar-refractivity contribution in [1.82, 2.24) is 20.2 Å². The molecule has 1 heterocycles. The molecule has 0 aliphatic rings. The molecule has 0 saturated carbocycles. The molecular weight excluding hydrogens is 322 g/mol. The number of benzene rings is 1. The maximum atomic E-state index is 11.9. The molecule has 2 N–H and O–H groups in total. The van der Waals surface area contributed by atoms with E-state index in [9.17, 15) is 14.7 Å². The molecule has 0 spiro atoms. The van der Waals surface area contributed by atoms with E-state index < -0.39 is 5.97 Å². The normalized spacial score (nSPS) is 10.3. The number of amides is 1. The smallest absolute Gasteiger partial charge is 0.341 e. The Labute approximate surface area is 136 Å². The number of carbonyl (C=O) groups excluding carboxylic acids is 2. The third-order valence-corrected chi connectivity index (χ3v) is 3.70. The number of phenols is 1. The van der Waals surface area contributed by atoms with Gasteiger partial charge in [0.1, 0.15) is 11.3 Å². The standard InChI is InChI=1S/C13H15N5O4S/c1-3-22-12(21)9-5-4-8(6-10(9)19)14-11(20)7-23-13-15-16-17-18(13)2/h4-6,19H,3,7H2,1-2H3,(H,14,20). The average molecular weight is 337 g/mol. The van der Waals surface area contributed by atoms with Gasteiger partial charge in [-0.1, -0.05) is 11.8 Å². The van der Waals surface area contributed by atoms with Crippen molar-refractivity contribution in [1.29, 1.82) is 0 Å². The van der Waals surface area contributed by atoms with Crippen LogP contribution in [0, 0.1) is 0 Å². The zero-order valence-electron chi connectivity index (χ0n) is 12.5. The summed E-state index contributed by atoms with van der Waals surface area (Å²) in [6.07, 6.45) is 0. The molecule has 23 heavy (non-hydrogen) atoms. The average Bonchev–Trinajstić information content (AvgIpc) is 2.91. The molecule has 10 heteroatoms. The van der Waals surface area contributed by atoms with Gasteiger partial charge in [0.2, 0.25) is 11.1 Å². The Kier molecular flexibility index (Phi) is 5.52. The number of rotatable bonds is 6. The first kappa shape index (κ1) is 16.7. The first-order chi connectivity index (χ1) is 11.0. The molecule has 2 aromatic rings. The van der Waals surface area contributed by atoms with Crippen LogP contribution in [0.1, 0.15) is 17.3 Å². The number of tetrazole rings is 1. The lowest BCUT2D eigenvalue weighted by Crippen LogP contribution is -2.15. The van der Waals surface area contributed by atoms with Crippen molar-refractivity contribution < 1.29 is 19.4 Å². The van der Waals surface area contributed by atoms with Crippen LogP contribution >= 0.6 is 11.8 Å². The highest BCUT2D eigenvalue weighted by Crippen LogP contribution is 2.23. The second kappa shape index (κ2) is 7.58. The number of nitrogens with zero attached hydrogens (tertiary/aromatic N) is 4. The molecule has 1 aromatic heterocycles. The zero-order chi connectivity index (χ0) is 16.8. The number of aromatic nitrogens is 4. The van der Waals surface area contributed by atoms with Gasteiger partial charge in [0.25, 0.3) is 0 Å². The van der Waals surface area contributed by atoms with E-state index >= 15 is 0 Å². The van der Waals surface area contributed by atoms with E-state index in [1.165, 1.54) is 34.6 Å². The summed E-state index contributed by atoms with van der Waals surface area (Å²) >= 11 is 1.18. The fraction of sp³-hybridized carbons (Fsp3) is 0.308. The van der Waals surface area contributed by atoms with Gasteiger partial charge in [-0.2, -0.15) is 0 Å². The summed E-state index contributed by atoms with van der Waals surface area (Å²) in [4.78, 5) is 23.4. The van der Waals surface area contributed by atoms with E-state index in [1.54, 1.807) is 14.0 Å². The minimum Gasteiger partial charge on any atom is -0.507 e. The van der Waals surface area contributed by atoms with Gasteiger partial charge >= 0.3 is 5.97 Å². The lowest BCUT2D eigenvalue weighted by molar-refractivity contribution is -0.113. The lowest BCUT2D eigenvalue weighted by atomic mass is 10.2. The van der Waals surface area contributed by atoms with Crippen LogP contribution in [0.15, 0.2) is 23.4 Å². The van der Waals surface area contributed by atoms with Crippen LogP contribution in [0.3, 0.4) is 0 Å². The lowest BCUT2D eigenvalue weighted by Gasteiger charge is -2.08. The van der Waals surface area contributed by atoms with E-state index in [0.717, 1.165) is 0 Å². The minimum atomic E-state index is -0.617. The van der Waals surface area contributed by atoms with Gasteiger partial charge in [-0.3, -0.25) is 4.79 Å². The van der Waals surface area contributed by atoms with Crippen molar-refractivity contribution in [2.45, 2.75) is 12.1 Å². The Balaban J connectivity index is 1.94. The molecule has 0 unspecified atom stereocenters. The van der Waals surface area contributed by atoms with Crippen molar-refractivity contribution in [3.05, 3.63) is 23.8 Å². The number of aryl methyl sites for hydroxylation is 1. The van der Waals surface area contributed by atoms with Gasteiger partial charge in [0.05, 0.1) is 12.4 Å². The zero-order valence-corrected chi connectivity index (χ0v) is 13.3. The first-order valence-electron chi connectivity index (χ1n) is 6.66. The maximum absolute atomic E-state index is 11.9. The van der Waals surface area contributed by atoms with Gasteiger partial charge < -0.3 is 15.2 Å². The summed E-state index contributed by atoms with van der Waals surface area (Å²) in [7, 11) is 1.67. The highest BCUT2D eigenvalue weighted by molar-refractivity contribution is 7.99. The van der Waals surface area contributed by atoms with Crippen molar-refractivity contribution in [3.8, 4) is 5.75 Å². The predicted molar refractivity (Wildman–Crippen MR) is 82.2 cm³/mol. The predicted octanol–water partition coefficient (Wildman–Crippen LogP) is 0.823. The number of aromatic hydroxyl groups is 1. The highest BCUT2D eigenvalue weighted by Gasteiger charge is 2.14. The monoisotopic (exact) mass is 337 g/mol. The second-order valence-corrected chi connectivity index (χ2v) is 5.32. The third kappa shape index (κ3) is 4.42. The molecule has 0 atom stereocenters. The number of ether oxygens (including phenoxy) is 1. The Morgan fingerprint density at radius 3 is 2.83 bits per heavy atom. The van der Waals surface area contributed by atoms with Gasteiger partial charge in [-0.05, 0) is 29.5 Å². The fourth-order valence-corrected chi connectivity index (χ4v) is 2.31. The van der Waals surface area contributed by atoms with E-state index in [4.69, 9.17) is 4.74 Å². The number of esters is 1. The third-order valence-electron chi connectivity index (χ3n) is 2.69. The molecule has 1 aromatic carbocycles. The van der Waals surface area contributed by atoms with Gasteiger partial charge in [0.15, 0.2) is 0 Å². The van der Waals surface area contributed by atoms with Crippen molar-refractivity contribution in [3.63, 3.8) is 0 Å². The summed E-state index contributed by atoms with van der Waals surface area (Å²) in [5, 5.41) is 23.8. The molecule has 0 bridgehead atoms. The van der Waals surface area contributed by atoms with Gasteiger partial charge in [-0.25, -0.2) is 9.48 Å². The molecular formula is C13H15N5O4S. The Hall–Kier alpha value is -2.62. The molecule has 0 saturated heterocycles. The summed E-state index contributed by atoms with van der Waals surface area (Å²) in [5.74, 6) is -1.06. The Morgan fingerprint density at radius 1 is 1.43 bits per heavy atom. The summed E-state index contributed by atoms with van der Waals surface area (Å²) < 4.78 is 6.27. The van der Waals surface area contributed by atoms with Crippen molar-refractivity contribution >= 4 is 29.3 Å². The van der Waals surface area contributed by atoms with Crippen LogP contribution in [0.2, 0.25) is 0 Å². The highest BCUT2D eigenvalue weighted by atomic mass is 32.2. The quantitative estimate of drug-likeness (QED) is 0.587. The summed E-state index contributed by atoms with van der Waals surface area (Å²) in [5.41, 5.74) is 0.418. The largest absolute Gasteiger partial charge is 0.507 e. The molecule has 0 fully saturated rings. The van der Waals surface area contributed by atoms with Gasteiger partial charge in [-0.15, -0.1) is 5.10 Å². The maximum Gasteiger partial charge on any atom is 0.341 e. The minimum absolute atomic E-state index is 0.0457. The number of phenolic OH excluding ortho intramolecular Hbond substituents is 1. The topological polar surface area (TPSA) is 119 Å². The molecule has 1 amide bonds. The Bertz CT molecular complexity index is 718. The molecule has 0 aliphatic carbocycles. The molecule has 0 aliphatic heterocycles. The number of hydrogen-bond donors (Lipinski definition) is 2. The van der Waals surface area contributed by atoms with E-state index in [-0.39, 0.29) is 29.6 Å². The van der Waals surface area contributed by atoms with Crippen LogP contribution in [0.4, 0.5) is 5.69 Å². The van der Waals surface area contributed by atoms with Crippen LogP contribution in [0.25, 0.3) is 0 Å².